The number of halogens is 2. The molecule has 3 N–H and O–H groups in total. The summed E-state index contributed by atoms with van der Waals surface area (Å²) < 4.78 is 13.7. The first-order chi connectivity index (χ1) is 7.70. The van der Waals surface area contributed by atoms with E-state index in [4.69, 9.17) is 17.3 Å². The van der Waals surface area contributed by atoms with E-state index in [0.717, 1.165) is 0 Å². The third-order valence-corrected chi connectivity index (χ3v) is 2.50. The SMILES string of the molecule is CC#CCNC(CN)c1cccc(Cl)c1F. The summed E-state index contributed by atoms with van der Waals surface area (Å²) in [6.07, 6.45) is 0. The highest BCUT2D eigenvalue weighted by Gasteiger charge is 2.14. The fourth-order valence-corrected chi connectivity index (χ4v) is 1.55. The van der Waals surface area contributed by atoms with E-state index < -0.39 is 5.82 Å². The topological polar surface area (TPSA) is 38.0 Å². The molecule has 0 spiro atoms. The van der Waals surface area contributed by atoms with E-state index in [0.29, 0.717) is 18.7 Å². The van der Waals surface area contributed by atoms with Crippen LogP contribution < -0.4 is 11.1 Å². The van der Waals surface area contributed by atoms with Crippen LogP contribution in [0.4, 0.5) is 4.39 Å². The van der Waals surface area contributed by atoms with Crippen LogP contribution in [0.5, 0.6) is 0 Å². The van der Waals surface area contributed by atoms with Gasteiger partial charge in [-0.25, -0.2) is 4.39 Å². The third kappa shape index (κ3) is 3.21. The summed E-state index contributed by atoms with van der Waals surface area (Å²) in [5, 5.41) is 3.17. The zero-order valence-electron chi connectivity index (χ0n) is 9.06. The van der Waals surface area contributed by atoms with Crippen molar-refractivity contribution in [1.29, 1.82) is 0 Å². The van der Waals surface area contributed by atoms with Gasteiger partial charge >= 0.3 is 0 Å². The molecule has 86 valence electrons. The van der Waals surface area contributed by atoms with Crippen molar-refractivity contribution in [3.63, 3.8) is 0 Å². The predicted molar refractivity (Wildman–Crippen MR) is 64.7 cm³/mol. The molecule has 0 fully saturated rings. The zero-order valence-corrected chi connectivity index (χ0v) is 9.81. The number of rotatable bonds is 4. The molecule has 2 nitrogen and oxygen atoms in total. The van der Waals surface area contributed by atoms with E-state index in [1.807, 2.05) is 0 Å². The van der Waals surface area contributed by atoms with E-state index in [2.05, 4.69) is 17.2 Å². The van der Waals surface area contributed by atoms with Crippen molar-refractivity contribution in [1.82, 2.24) is 5.32 Å². The van der Waals surface area contributed by atoms with Crippen LogP contribution in [0.25, 0.3) is 0 Å². The Morgan fingerprint density at radius 1 is 1.56 bits per heavy atom. The molecule has 0 aromatic heterocycles. The lowest BCUT2D eigenvalue weighted by Gasteiger charge is -2.16. The summed E-state index contributed by atoms with van der Waals surface area (Å²) in [5.74, 6) is 5.18. The molecule has 1 aromatic rings. The summed E-state index contributed by atoms with van der Waals surface area (Å²) in [6.45, 7) is 2.52. The lowest BCUT2D eigenvalue weighted by Crippen LogP contribution is -2.29. The average molecular weight is 241 g/mol. The first-order valence-corrected chi connectivity index (χ1v) is 5.35. The van der Waals surface area contributed by atoms with Crippen molar-refractivity contribution < 1.29 is 4.39 Å². The maximum Gasteiger partial charge on any atom is 0.146 e. The Hall–Kier alpha value is -1.08. The van der Waals surface area contributed by atoms with Gasteiger partial charge in [0.25, 0.3) is 0 Å². The molecule has 0 saturated heterocycles. The molecule has 16 heavy (non-hydrogen) atoms. The van der Waals surface area contributed by atoms with Gasteiger partial charge in [-0.3, -0.25) is 5.32 Å². The van der Waals surface area contributed by atoms with E-state index in [9.17, 15) is 4.39 Å². The fraction of sp³-hybridized carbons (Fsp3) is 0.333. The van der Waals surface area contributed by atoms with Crippen molar-refractivity contribution in [2.45, 2.75) is 13.0 Å². The number of hydrogen-bond acceptors (Lipinski definition) is 2. The van der Waals surface area contributed by atoms with Crippen molar-refractivity contribution in [2.75, 3.05) is 13.1 Å². The number of nitrogens with two attached hydrogens (primary N) is 1. The average Bonchev–Trinajstić information content (AvgIpc) is 2.29. The minimum absolute atomic E-state index is 0.110. The van der Waals surface area contributed by atoms with Crippen molar-refractivity contribution in [3.8, 4) is 11.8 Å². The Bertz CT molecular complexity index is 409. The van der Waals surface area contributed by atoms with Crippen LogP contribution in [0.2, 0.25) is 5.02 Å². The highest BCUT2D eigenvalue weighted by atomic mass is 35.5. The molecule has 0 radical (unpaired) electrons. The highest BCUT2D eigenvalue weighted by molar-refractivity contribution is 6.30. The van der Waals surface area contributed by atoms with Gasteiger partial charge in [0.2, 0.25) is 0 Å². The first kappa shape index (κ1) is 13.0. The second kappa shape index (κ2) is 6.49. The quantitative estimate of drug-likeness (QED) is 0.791. The minimum atomic E-state index is -0.420. The fourth-order valence-electron chi connectivity index (χ4n) is 1.37. The second-order valence-corrected chi connectivity index (χ2v) is 3.65. The molecule has 0 aliphatic heterocycles. The van der Waals surface area contributed by atoms with Crippen molar-refractivity contribution in [3.05, 3.63) is 34.6 Å². The minimum Gasteiger partial charge on any atom is -0.329 e. The van der Waals surface area contributed by atoms with E-state index >= 15 is 0 Å². The first-order valence-electron chi connectivity index (χ1n) is 4.97. The summed E-state index contributed by atoms with van der Waals surface area (Å²) in [6, 6.07) is 4.63. The molecule has 4 heteroatoms. The van der Waals surface area contributed by atoms with Gasteiger partial charge in [-0.15, -0.1) is 5.92 Å². The lowest BCUT2D eigenvalue weighted by molar-refractivity contribution is 0.530. The van der Waals surface area contributed by atoms with Gasteiger partial charge in [0.1, 0.15) is 5.82 Å². The standard InChI is InChI=1S/C12H14ClFN2/c1-2-3-7-16-11(8-15)9-5-4-6-10(13)12(9)14/h4-6,11,16H,7-8,15H2,1H3. The Labute approximate surface area is 100.0 Å². The molecule has 0 amide bonds. The van der Waals surface area contributed by atoms with Crippen LogP contribution in [-0.2, 0) is 0 Å². The van der Waals surface area contributed by atoms with Crippen LogP contribution in [-0.4, -0.2) is 13.1 Å². The molecule has 0 aliphatic rings. The van der Waals surface area contributed by atoms with Gasteiger partial charge in [0, 0.05) is 18.2 Å². The molecule has 0 bridgehead atoms. The van der Waals surface area contributed by atoms with Crippen molar-refractivity contribution >= 4 is 11.6 Å². The maximum absolute atomic E-state index is 13.7. The van der Waals surface area contributed by atoms with Gasteiger partial charge in [-0.05, 0) is 13.0 Å². The largest absolute Gasteiger partial charge is 0.329 e. The van der Waals surface area contributed by atoms with E-state index in [1.54, 1.807) is 19.1 Å². The molecule has 1 aromatic carbocycles. The van der Waals surface area contributed by atoms with Crippen molar-refractivity contribution in [2.24, 2.45) is 5.73 Å². The van der Waals surface area contributed by atoms with Crippen LogP contribution in [0.15, 0.2) is 18.2 Å². The molecule has 0 heterocycles. The molecule has 1 rings (SSSR count). The van der Waals surface area contributed by atoms with E-state index in [1.165, 1.54) is 6.07 Å². The van der Waals surface area contributed by atoms with Gasteiger partial charge in [0.15, 0.2) is 0 Å². The summed E-state index contributed by atoms with van der Waals surface area (Å²) in [5.41, 5.74) is 6.07. The third-order valence-electron chi connectivity index (χ3n) is 2.21. The van der Waals surface area contributed by atoms with Crippen LogP contribution >= 0.6 is 11.6 Å². The molecular weight excluding hydrogens is 227 g/mol. The monoisotopic (exact) mass is 240 g/mol. The molecule has 0 saturated carbocycles. The van der Waals surface area contributed by atoms with Crippen LogP contribution in [0, 0.1) is 17.7 Å². The Morgan fingerprint density at radius 3 is 2.94 bits per heavy atom. The summed E-state index contributed by atoms with van der Waals surface area (Å²) in [7, 11) is 0. The molecule has 1 atom stereocenters. The summed E-state index contributed by atoms with van der Waals surface area (Å²) in [4.78, 5) is 0. The summed E-state index contributed by atoms with van der Waals surface area (Å²) >= 11 is 5.70. The molecular formula is C12H14ClFN2. The van der Waals surface area contributed by atoms with E-state index in [-0.39, 0.29) is 11.1 Å². The Morgan fingerprint density at radius 2 is 2.31 bits per heavy atom. The van der Waals surface area contributed by atoms with Gasteiger partial charge in [0.05, 0.1) is 11.6 Å². The van der Waals surface area contributed by atoms with Crippen LogP contribution in [0.1, 0.15) is 18.5 Å². The number of hydrogen-bond donors (Lipinski definition) is 2. The highest BCUT2D eigenvalue weighted by Crippen LogP contribution is 2.22. The predicted octanol–water partition coefficient (Wildman–Crippen LogP) is 2.09. The smallest absolute Gasteiger partial charge is 0.146 e. The normalized spacial score (nSPS) is 11.8. The molecule has 1 unspecified atom stereocenters. The van der Waals surface area contributed by atoms with Gasteiger partial charge in [-0.2, -0.15) is 0 Å². The zero-order chi connectivity index (χ0) is 12.0. The van der Waals surface area contributed by atoms with Gasteiger partial charge in [-0.1, -0.05) is 29.7 Å². The molecule has 0 aliphatic carbocycles. The Balaban J connectivity index is 2.85. The van der Waals surface area contributed by atoms with Gasteiger partial charge < -0.3 is 5.73 Å². The van der Waals surface area contributed by atoms with Crippen LogP contribution in [0.3, 0.4) is 0 Å². The maximum atomic E-state index is 13.7. The number of nitrogens with one attached hydrogen (secondary N) is 1. The Kier molecular flexibility index (Phi) is 5.27. The number of benzene rings is 1. The second-order valence-electron chi connectivity index (χ2n) is 3.24. The lowest BCUT2D eigenvalue weighted by atomic mass is 10.1.